The first-order valence-electron chi connectivity index (χ1n) is 6.44. The summed E-state index contributed by atoms with van der Waals surface area (Å²) in [6.07, 6.45) is 0.978. The van der Waals surface area contributed by atoms with Gasteiger partial charge in [0.15, 0.2) is 0 Å². The third-order valence-corrected chi connectivity index (χ3v) is 3.95. The van der Waals surface area contributed by atoms with Gasteiger partial charge in [-0.25, -0.2) is 0 Å². The first kappa shape index (κ1) is 14.3. The number of rotatable bonds is 6. The number of nitrogen functional groups attached to an aromatic ring is 1. The van der Waals surface area contributed by atoms with Gasteiger partial charge in [-0.3, -0.25) is 9.59 Å². The van der Waals surface area contributed by atoms with Gasteiger partial charge in [-0.15, -0.1) is 0 Å². The van der Waals surface area contributed by atoms with Crippen LogP contribution in [0, 0.1) is 11.8 Å². The smallest absolute Gasteiger partial charge is 0.324 e. The van der Waals surface area contributed by atoms with Crippen molar-refractivity contribution in [3.05, 3.63) is 29.8 Å². The van der Waals surface area contributed by atoms with E-state index in [0.717, 1.165) is 5.56 Å². The molecule has 0 aromatic heterocycles. The van der Waals surface area contributed by atoms with Crippen LogP contribution in [0.15, 0.2) is 24.3 Å². The predicted octanol–water partition coefficient (Wildman–Crippen LogP) is 0.704. The maximum absolute atomic E-state index is 11.4. The van der Waals surface area contributed by atoms with E-state index in [-0.39, 0.29) is 6.42 Å². The van der Waals surface area contributed by atoms with Gasteiger partial charge in [-0.2, -0.15) is 0 Å². The Balaban J connectivity index is 2.07. The maximum Gasteiger partial charge on any atom is 0.324 e. The molecule has 108 valence electrons. The van der Waals surface area contributed by atoms with Crippen LogP contribution in [0.5, 0.6) is 0 Å². The molecule has 1 saturated carbocycles. The molecule has 0 bridgehead atoms. The number of carbonyl (C=O) groups is 2. The molecular formula is C14H18N2O4. The lowest BCUT2D eigenvalue weighted by Gasteiger charge is -2.25. The Bertz CT molecular complexity index is 546. The molecule has 1 aromatic rings. The molecule has 0 amide bonds. The van der Waals surface area contributed by atoms with E-state index in [0.29, 0.717) is 18.5 Å². The molecule has 6 N–H and O–H groups in total. The monoisotopic (exact) mass is 278 g/mol. The number of carboxylic acid groups (broad SMARTS) is 2. The second kappa shape index (κ2) is 5.13. The fourth-order valence-electron chi connectivity index (χ4n) is 2.59. The summed E-state index contributed by atoms with van der Waals surface area (Å²) in [6, 6.07) is 7.16. The zero-order chi connectivity index (χ0) is 14.9. The summed E-state index contributed by atoms with van der Waals surface area (Å²) in [6.45, 7) is 0. The fourth-order valence-corrected chi connectivity index (χ4v) is 2.59. The molecule has 3 atom stereocenters. The van der Waals surface area contributed by atoms with Gasteiger partial charge in [0.25, 0.3) is 0 Å². The highest BCUT2D eigenvalue weighted by molar-refractivity contribution is 5.83. The van der Waals surface area contributed by atoms with Gasteiger partial charge >= 0.3 is 11.9 Å². The predicted molar refractivity (Wildman–Crippen MR) is 73.0 cm³/mol. The van der Waals surface area contributed by atoms with E-state index >= 15 is 0 Å². The van der Waals surface area contributed by atoms with Crippen LogP contribution in [0.2, 0.25) is 0 Å². The Hall–Kier alpha value is -2.08. The van der Waals surface area contributed by atoms with E-state index in [1.165, 1.54) is 0 Å². The number of aliphatic carboxylic acids is 2. The SMILES string of the molecule is Nc1cccc(CCC(N)(C(=O)O)[C@H]2C[C@@H]2C(=O)O)c1. The van der Waals surface area contributed by atoms with Crippen molar-refractivity contribution in [2.24, 2.45) is 17.6 Å². The van der Waals surface area contributed by atoms with Crippen LogP contribution in [0.25, 0.3) is 0 Å². The average molecular weight is 278 g/mol. The number of hydrogen-bond donors (Lipinski definition) is 4. The number of benzene rings is 1. The summed E-state index contributed by atoms with van der Waals surface area (Å²) < 4.78 is 0. The molecule has 6 nitrogen and oxygen atoms in total. The van der Waals surface area contributed by atoms with Crippen molar-refractivity contribution in [2.75, 3.05) is 5.73 Å². The van der Waals surface area contributed by atoms with Gasteiger partial charge in [0, 0.05) is 11.6 Å². The van der Waals surface area contributed by atoms with Crippen molar-refractivity contribution in [2.45, 2.75) is 24.8 Å². The van der Waals surface area contributed by atoms with Crippen molar-refractivity contribution in [3.63, 3.8) is 0 Å². The van der Waals surface area contributed by atoms with Gasteiger partial charge in [-0.1, -0.05) is 12.1 Å². The molecule has 0 saturated heterocycles. The molecule has 1 aromatic carbocycles. The normalized spacial score (nSPS) is 23.9. The number of carboxylic acids is 2. The zero-order valence-electron chi connectivity index (χ0n) is 11.0. The molecule has 0 spiro atoms. The van der Waals surface area contributed by atoms with Crippen molar-refractivity contribution in [1.29, 1.82) is 0 Å². The summed E-state index contributed by atoms with van der Waals surface area (Å²) in [5.41, 5.74) is 11.6. The molecular weight excluding hydrogens is 260 g/mol. The average Bonchev–Trinajstić information content (AvgIpc) is 3.16. The highest BCUT2D eigenvalue weighted by atomic mass is 16.4. The second-order valence-electron chi connectivity index (χ2n) is 5.38. The minimum Gasteiger partial charge on any atom is -0.481 e. The lowest BCUT2D eigenvalue weighted by molar-refractivity contribution is -0.145. The molecule has 1 fully saturated rings. The van der Waals surface area contributed by atoms with Crippen LogP contribution >= 0.6 is 0 Å². The molecule has 0 radical (unpaired) electrons. The fraction of sp³-hybridized carbons (Fsp3) is 0.429. The minimum atomic E-state index is -1.49. The first-order valence-corrected chi connectivity index (χ1v) is 6.44. The van der Waals surface area contributed by atoms with Crippen LogP contribution in [-0.2, 0) is 16.0 Å². The van der Waals surface area contributed by atoms with Crippen LogP contribution in [0.3, 0.4) is 0 Å². The third kappa shape index (κ3) is 2.75. The van der Waals surface area contributed by atoms with Crippen molar-refractivity contribution < 1.29 is 19.8 Å². The molecule has 1 aliphatic rings. The van der Waals surface area contributed by atoms with E-state index < -0.39 is 29.3 Å². The quantitative estimate of drug-likeness (QED) is 0.567. The first-order chi connectivity index (χ1) is 9.34. The van der Waals surface area contributed by atoms with Crippen molar-refractivity contribution in [3.8, 4) is 0 Å². The Morgan fingerprint density at radius 1 is 1.35 bits per heavy atom. The highest BCUT2D eigenvalue weighted by Gasteiger charge is 2.57. The lowest BCUT2D eigenvalue weighted by atomic mass is 9.86. The molecule has 20 heavy (non-hydrogen) atoms. The molecule has 0 heterocycles. The molecule has 0 aliphatic heterocycles. The van der Waals surface area contributed by atoms with E-state index in [1.54, 1.807) is 18.2 Å². The van der Waals surface area contributed by atoms with E-state index in [1.807, 2.05) is 6.07 Å². The van der Waals surface area contributed by atoms with Crippen LogP contribution < -0.4 is 11.5 Å². The highest BCUT2D eigenvalue weighted by Crippen LogP contribution is 2.47. The number of nitrogens with two attached hydrogens (primary N) is 2. The van der Waals surface area contributed by atoms with E-state index in [9.17, 15) is 14.7 Å². The van der Waals surface area contributed by atoms with Gasteiger partial charge < -0.3 is 21.7 Å². The largest absolute Gasteiger partial charge is 0.481 e. The van der Waals surface area contributed by atoms with Crippen LogP contribution in [-0.4, -0.2) is 27.7 Å². The van der Waals surface area contributed by atoms with Gasteiger partial charge in [0.2, 0.25) is 0 Å². The van der Waals surface area contributed by atoms with Gasteiger partial charge in [-0.05, 0) is 37.0 Å². The number of anilines is 1. The topological polar surface area (TPSA) is 127 Å². The molecule has 1 unspecified atom stereocenters. The number of hydrogen-bond acceptors (Lipinski definition) is 4. The maximum atomic E-state index is 11.4. The Labute approximate surface area is 116 Å². The van der Waals surface area contributed by atoms with Gasteiger partial charge in [0.1, 0.15) is 5.54 Å². The van der Waals surface area contributed by atoms with Crippen LogP contribution in [0.1, 0.15) is 18.4 Å². The van der Waals surface area contributed by atoms with Crippen molar-refractivity contribution >= 4 is 17.6 Å². The summed E-state index contributed by atoms with van der Waals surface area (Å²) in [5, 5.41) is 18.3. The Kier molecular flexibility index (Phi) is 3.67. The third-order valence-electron chi connectivity index (χ3n) is 3.95. The van der Waals surface area contributed by atoms with Gasteiger partial charge in [0.05, 0.1) is 5.92 Å². The van der Waals surface area contributed by atoms with E-state index in [4.69, 9.17) is 16.6 Å². The summed E-state index contributed by atoms with van der Waals surface area (Å²) in [7, 11) is 0. The summed E-state index contributed by atoms with van der Waals surface area (Å²) in [5.74, 6) is -3.26. The zero-order valence-corrected chi connectivity index (χ0v) is 11.0. The number of aryl methyl sites for hydroxylation is 1. The lowest BCUT2D eigenvalue weighted by Crippen LogP contribution is -2.51. The standard InChI is InChI=1S/C14H18N2O4/c15-9-3-1-2-8(6-9)4-5-14(16,13(19)20)11-7-10(11)12(17)18/h1-3,6,10-11H,4-5,7,15-16H2,(H,17,18)(H,19,20)/t10-,11-,14?/m0/s1. The summed E-state index contributed by atoms with van der Waals surface area (Å²) >= 11 is 0. The van der Waals surface area contributed by atoms with Crippen LogP contribution in [0.4, 0.5) is 5.69 Å². The Morgan fingerprint density at radius 2 is 2.05 bits per heavy atom. The Morgan fingerprint density at radius 3 is 2.55 bits per heavy atom. The second-order valence-corrected chi connectivity index (χ2v) is 5.38. The summed E-state index contributed by atoms with van der Waals surface area (Å²) in [4.78, 5) is 22.3. The molecule has 2 rings (SSSR count). The van der Waals surface area contributed by atoms with Crippen molar-refractivity contribution in [1.82, 2.24) is 0 Å². The minimum absolute atomic E-state index is 0.195. The molecule has 6 heteroatoms. The van der Waals surface area contributed by atoms with E-state index in [2.05, 4.69) is 0 Å². The molecule has 1 aliphatic carbocycles.